The Morgan fingerprint density at radius 2 is 1.44 bits per heavy atom. The van der Waals surface area contributed by atoms with Gasteiger partial charge in [0, 0.05) is 17.1 Å². The molecule has 2 aromatic rings. The normalized spacial score (nSPS) is 11.9. The van der Waals surface area contributed by atoms with Crippen molar-refractivity contribution >= 4 is 0 Å². The highest BCUT2D eigenvalue weighted by Crippen LogP contribution is 2.32. The lowest BCUT2D eigenvalue weighted by molar-refractivity contribution is -0.137. The number of benzene rings is 1. The molecule has 4 heteroatoms. The average Bonchev–Trinajstić information content (AvgIpc) is 2.56. The number of hydrogen-bond donors (Lipinski definition) is 0. The van der Waals surface area contributed by atoms with Gasteiger partial charge in [-0.1, -0.05) is 0 Å². The SMILES string of the molecule is Cc1cc(-n2c(C)ccc2C)cc(C(F)(F)F)c1. The molecule has 0 aliphatic rings. The van der Waals surface area contributed by atoms with E-state index < -0.39 is 11.7 Å². The lowest BCUT2D eigenvalue weighted by Crippen LogP contribution is -2.08. The van der Waals surface area contributed by atoms with Crippen molar-refractivity contribution < 1.29 is 13.2 Å². The third-order valence-corrected chi connectivity index (χ3v) is 2.92. The van der Waals surface area contributed by atoms with E-state index in [-0.39, 0.29) is 0 Å². The van der Waals surface area contributed by atoms with E-state index in [0.717, 1.165) is 17.5 Å². The van der Waals surface area contributed by atoms with Gasteiger partial charge in [0.2, 0.25) is 0 Å². The number of alkyl halides is 3. The molecule has 1 aromatic carbocycles. The van der Waals surface area contributed by atoms with Crippen molar-refractivity contribution in [1.82, 2.24) is 4.57 Å². The smallest absolute Gasteiger partial charge is 0.318 e. The van der Waals surface area contributed by atoms with E-state index in [1.165, 1.54) is 6.07 Å². The van der Waals surface area contributed by atoms with Crippen molar-refractivity contribution in [1.29, 1.82) is 0 Å². The van der Waals surface area contributed by atoms with Crippen molar-refractivity contribution in [2.24, 2.45) is 0 Å². The van der Waals surface area contributed by atoms with E-state index in [1.807, 2.05) is 30.5 Å². The van der Waals surface area contributed by atoms with Crippen LogP contribution in [-0.4, -0.2) is 4.57 Å². The quantitative estimate of drug-likeness (QED) is 0.709. The summed E-state index contributed by atoms with van der Waals surface area (Å²) in [4.78, 5) is 0. The summed E-state index contributed by atoms with van der Waals surface area (Å²) in [5, 5.41) is 0. The molecule has 0 N–H and O–H groups in total. The Balaban J connectivity index is 2.63. The zero-order valence-electron chi connectivity index (χ0n) is 10.5. The first-order chi connectivity index (χ1) is 8.29. The number of nitrogens with zero attached hydrogens (tertiary/aromatic N) is 1. The van der Waals surface area contributed by atoms with Crippen LogP contribution in [0, 0.1) is 20.8 Å². The Morgan fingerprint density at radius 3 is 1.94 bits per heavy atom. The van der Waals surface area contributed by atoms with Crippen LogP contribution in [0.25, 0.3) is 5.69 Å². The average molecular weight is 253 g/mol. The van der Waals surface area contributed by atoms with Crippen LogP contribution in [0.1, 0.15) is 22.5 Å². The first-order valence-electron chi connectivity index (χ1n) is 5.63. The zero-order valence-corrected chi connectivity index (χ0v) is 10.5. The molecule has 0 amide bonds. The summed E-state index contributed by atoms with van der Waals surface area (Å²) >= 11 is 0. The maximum absolute atomic E-state index is 12.8. The molecule has 0 radical (unpaired) electrons. The second-order valence-corrected chi connectivity index (χ2v) is 4.51. The molecular weight excluding hydrogens is 239 g/mol. The fourth-order valence-corrected chi connectivity index (χ4v) is 2.13. The fourth-order valence-electron chi connectivity index (χ4n) is 2.13. The second kappa shape index (κ2) is 4.19. The van der Waals surface area contributed by atoms with E-state index in [2.05, 4.69) is 0 Å². The Hall–Kier alpha value is -1.71. The van der Waals surface area contributed by atoms with Crippen LogP contribution >= 0.6 is 0 Å². The first kappa shape index (κ1) is 12.7. The lowest BCUT2D eigenvalue weighted by Gasteiger charge is -2.14. The van der Waals surface area contributed by atoms with Gasteiger partial charge in [0.15, 0.2) is 0 Å². The van der Waals surface area contributed by atoms with E-state index in [0.29, 0.717) is 11.3 Å². The van der Waals surface area contributed by atoms with E-state index in [1.54, 1.807) is 13.0 Å². The van der Waals surface area contributed by atoms with Gasteiger partial charge in [0.05, 0.1) is 5.56 Å². The minimum Gasteiger partial charge on any atom is -0.318 e. The Morgan fingerprint density at radius 1 is 0.889 bits per heavy atom. The van der Waals surface area contributed by atoms with Gasteiger partial charge < -0.3 is 4.57 Å². The molecule has 0 aliphatic heterocycles. The van der Waals surface area contributed by atoms with Crippen molar-refractivity contribution in [3.63, 3.8) is 0 Å². The van der Waals surface area contributed by atoms with Crippen molar-refractivity contribution in [3.8, 4) is 5.69 Å². The third-order valence-electron chi connectivity index (χ3n) is 2.92. The van der Waals surface area contributed by atoms with E-state index >= 15 is 0 Å². The third kappa shape index (κ3) is 2.28. The Bertz CT molecular complexity index is 560. The van der Waals surface area contributed by atoms with Gasteiger partial charge in [-0.25, -0.2) is 0 Å². The highest BCUT2D eigenvalue weighted by Gasteiger charge is 2.31. The zero-order chi connectivity index (χ0) is 13.5. The van der Waals surface area contributed by atoms with Crippen LogP contribution in [0.5, 0.6) is 0 Å². The minimum absolute atomic E-state index is 0.558. The maximum Gasteiger partial charge on any atom is 0.416 e. The monoisotopic (exact) mass is 253 g/mol. The summed E-state index contributed by atoms with van der Waals surface area (Å²) < 4.78 is 40.2. The van der Waals surface area contributed by atoms with Gasteiger partial charge >= 0.3 is 6.18 Å². The second-order valence-electron chi connectivity index (χ2n) is 4.51. The Labute approximate surface area is 104 Å². The molecular formula is C14H14F3N. The van der Waals surface area contributed by atoms with Crippen molar-refractivity contribution in [2.75, 3.05) is 0 Å². The summed E-state index contributed by atoms with van der Waals surface area (Å²) in [5.74, 6) is 0. The predicted molar refractivity (Wildman–Crippen MR) is 65.0 cm³/mol. The van der Waals surface area contributed by atoms with Crippen LogP contribution < -0.4 is 0 Å². The summed E-state index contributed by atoms with van der Waals surface area (Å²) in [5.41, 5.74) is 2.40. The number of halogens is 3. The van der Waals surface area contributed by atoms with Gasteiger partial charge in [0.25, 0.3) is 0 Å². The van der Waals surface area contributed by atoms with Crippen LogP contribution in [0.2, 0.25) is 0 Å². The minimum atomic E-state index is -4.31. The molecule has 0 saturated carbocycles. The molecule has 1 nitrogen and oxygen atoms in total. The molecule has 0 fully saturated rings. The summed E-state index contributed by atoms with van der Waals surface area (Å²) in [6.07, 6.45) is -4.31. The van der Waals surface area contributed by atoms with Crippen LogP contribution in [0.4, 0.5) is 13.2 Å². The lowest BCUT2D eigenvalue weighted by atomic mass is 10.1. The van der Waals surface area contributed by atoms with Crippen LogP contribution in [0.15, 0.2) is 30.3 Å². The maximum atomic E-state index is 12.8. The first-order valence-corrected chi connectivity index (χ1v) is 5.63. The van der Waals surface area contributed by atoms with Gasteiger partial charge in [0.1, 0.15) is 0 Å². The number of rotatable bonds is 1. The molecule has 1 heterocycles. The van der Waals surface area contributed by atoms with E-state index in [9.17, 15) is 13.2 Å². The fraction of sp³-hybridized carbons (Fsp3) is 0.286. The number of hydrogen-bond acceptors (Lipinski definition) is 0. The highest BCUT2D eigenvalue weighted by molar-refractivity contribution is 5.44. The largest absolute Gasteiger partial charge is 0.416 e. The number of aromatic nitrogens is 1. The highest BCUT2D eigenvalue weighted by atomic mass is 19.4. The molecule has 0 spiro atoms. The standard InChI is InChI=1S/C14H14F3N/c1-9-6-12(14(15,16)17)8-13(7-9)18-10(2)4-5-11(18)3/h4-8H,1-3H3. The molecule has 0 bridgehead atoms. The van der Waals surface area contributed by atoms with E-state index in [4.69, 9.17) is 0 Å². The van der Waals surface area contributed by atoms with Crippen molar-refractivity contribution in [2.45, 2.75) is 26.9 Å². The topological polar surface area (TPSA) is 4.93 Å². The summed E-state index contributed by atoms with van der Waals surface area (Å²) in [6.45, 7) is 5.43. The molecule has 0 aliphatic carbocycles. The Kier molecular flexibility index (Phi) is 2.97. The van der Waals surface area contributed by atoms with Crippen molar-refractivity contribution in [3.05, 3.63) is 52.8 Å². The van der Waals surface area contributed by atoms with Gasteiger partial charge in [-0.15, -0.1) is 0 Å². The molecule has 96 valence electrons. The molecule has 2 rings (SSSR count). The van der Waals surface area contributed by atoms with Gasteiger partial charge in [-0.05, 0) is 56.7 Å². The summed E-state index contributed by atoms with van der Waals surface area (Å²) in [6, 6.07) is 7.90. The molecule has 0 unspecified atom stereocenters. The van der Waals surface area contributed by atoms with Crippen LogP contribution in [0.3, 0.4) is 0 Å². The van der Waals surface area contributed by atoms with Crippen LogP contribution in [-0.2, 0) is 6.18 Å². The summed E-state index contributed by atoms with van der Waals surface area (Å²) in [7, 11) is 0. The molecule has 0 saturated heterocycles. The van der Waals surface area contributed by atoms with Gasteiger partial charge in [-0.3, -0.25) is 0 Å². The number of aryl methyl sites for hydroxylation is 3. The van der Waals surface area contributed by atoms with Gasteiger partial charge in [-0.2, -0.15) is 13.2 Å². The molecule has 1 aromatic heterocycles. The molecule has 0 atom stereocenters. The predicted octanol–water partition coefficient (Wildman–Crippen LogP) is 4.42. The molecule has 18 heavy (non-hydrogen) atoms.